The fourth-order valence-corrected chi connectivity index (χ4v) is 4.59. The molecule has 0 unspecified atom stereocenters. The van der Waals surface area contributed by atoms with Crippen LogP contribution in [0.25, 0.3) is 10.2 Å². The van der Waals surface area contributed by atoms with E-state index in [4.69, 9.17) is 0 Å². The van der Waals surface area contributed by atoms with Crippen molar-refractivity contribution in [2.75, 3.05) is 5.32 Å². The number of carbonyl (C=O) groups excluding carboxylic acids is 2. The predicted octanol–water partition coefficient (Wildman–Crippen LogP) is 3.49. The lowest BCUT2D eigenvalue weighted by Crippen LogP contribution is -2.29. The minimum Gasteiger partial charge on any atom is -0.423 e. The Kier molecular flexibility index (Phi) is 6.45. The number of alkyl halides is 3. The van der Waals surface area contributed by atoms with Crippen LogP contribution < -0.4 is 10.8 Å². The van der Waals surface area contributed by atoms with Crippen LogP contribution in [0.2, 0.25) is 0 Å². The monoisotopic (exact) mass is 499 g/mol. The topological polar surface area (TPSA) is 112 Å². The zero-order chi connectivity index (χ0) is 25.5. The lowest BCUT2D eigenvalue weighted by Gasteiger charge is -2.13. The summed E-state index contributed by atoms with van der Waals surface area (Å²) in [5.41, 5.74) is 0.472. The number of nitrogens with zero attached hydrogens (tertiary/aromatic N) is 2. The Bertz CT molecular complexity index is 1450. The summed E-state index contributed by atoms with van der Waals surface area (Å²) in [5.74, 6) is -1.06. The van der Waals surface area contributed by atoms with Crippen molar-refractivity contribution in [3.05, 3.63) is 81.6 Å². The maximum atomic E-state index is 13.2. The number of amides is 1. The molecule has 3 aromatic heterocycles. The van der Waals surface area contributed by atoms with Gasteiger partial charge in [-0.3, -0.25) is 14.6 Å². The minimum atomic E-state index is -4.61. The van der Waals surface area contributed by atoms with Gasteiger partial charge in [0.25, 0.3) is 5.91 Å². The summed E-state index contributed by atoms with van der Waals surface area (Å²) in [4.78, 5) is 34.2. The van der Waals surface area contributed by atoms with E-state index >= 15 is 0 Å². The van der Waals surface area contributed by atoms with Gasteiger partial charge in [0.1, 0.15) is 10.5 Å². The Hall–Kier alpha value is -3.61. The average molecular weight is 499 g/mol. The molecule has 3 N–H and O–H groups in total. The number of benzene rings is 1. The number of aromatic nitrogens is 2. The summed E-state index contributed by atoms with van der Waals surface area (Å²) in [6.45, 7) is 3.08. The molecule has 7 nitrogen and oxygen atoms in total. The van der Waals surface area contributed by atoms with Crippen LogP contribution in [0, 0.1) is 13.8 Å². The largest absolute Gasteiger partial charge is 0.488 e. The molecule has 4 aromatic rings. The second kappa shape index (κ2) is 9.21. The summed E-state index contributed by atoms with van der Waals surface area (Å²) in [5, 5.41) is 22.9. The van der Waals surface area contributed by atoms with Crippen LogP contribution in [0.3, 0.4) is 0 Å². The number of thiophene rings is 1. The van der Waals surface area contributed by atoms with Crippen LogP contribution in [0.15, 0.2) is 48.0 Å². The van der Waals surface area contributed by atoms with Gasteiger partial charge < -0.3 is 15.4 Å². The van der Waals surface area contributed by atoms with E-state index in [1.54, 1.807) is 6.92 Å². The summed E-state index contributed by atoms with van der Waals surface area (Å²) in [6, 6.07) is 7.98. The number of hydrogen-bond acceptors (Lipinski definition) is 7. The zero-order valence-electron chi connectivity index (χ0n) is 18.3. The molecular weight excluding hydrogens is 482 g/mol. The second-order valence-corrected chi connectivity index (χ2v) is 8.61. The van der Waals surface area contributed by atoms with Gasteiger partial charge in [-0.15, -0.1) is 11.3 Å². The third-order valence-electron chi connectivity index (χ3n) is 5.37. The van der Waals surface area contributed by atoms with Crippen LogP contribution in [0.1, 0.15) is 43.2 Å². The van der Waals surface area contributed by atoms with Crippen LogP contribution in [0.4, 0.5) is 18.9 Å². The number of nitrogens with one attached hydrogen (secondary N) is 1. The highest BCUT2D eigenvalue weighted by atomic mass is 32.1. The highest BCUT2D eigenvalue weighted by molar-refractivity contribution is 7.17. The highest BCUT2D eigenvalue weighted by Crippen LogP contribution is 2.35. The molecule has 35 heavy (non-hydrogen) atoms. The second-order valence-electron chi connectivity index (χ2n) is 7.75. The maximum Gasteiger partial charge on any atom is 0.488 e. The average Bonchev–Trinajstić information content (AvgIpc) is 3.24. The smallest absolute Gasteiger partial charge is 0.423 e. The molecule has 0 aliphatic rings. The van der Waals surface area contributed by atoms with Gasteiger partial charge in [0.15, 0.2) is 5.78 Å². The molecule has 0 aliphatic heterocycles. The first-order chi connectivity index (χ1) is 16.5. The molecule has 178 valence electrons. The molecule has 1 aromatic carbocycles. The molecule has 0 saturated carbocycles. The molecular formula is C23H17BF3N3O4S. The van der Waals surface area contributed by atoms with Crippen LogP contribution >= 0.6 is 11.3 Å². The normalized spacial score (nSPS) is 11.5. The van der Waals surface area contributed by atoms with Crippen LogP contribution in [-0.4, -0.2) is 38.8 Å². The van der Waals surface area contributed by atoms with Crippen LogP contribution in [-0.2, 0) is 6.18 Å². The number of rotatable bonds is 5. The van der Waals surface area contributed by atoms with Gasteiger partial charge in [0.2, 0.25) is 0 Å². The summed E-state index contributed by atoms with van der Waals surface area (Å²) >= 11 is 0.917. The summed E-state index contributed by atoms with van der Waals surface area (Å²) < 4.78 is 39.3. The van der Waals surface area contributed by atoms with Gasteiger partial charge in [0.05, 0.1) is 16.9 Å². The van der Waals surface area contributed by atoms with Crippen molar-refractivity contribution in [3.63, 3.8) is 0 Å². The third kappa shape index (κ3) is 4.81. The van der Waals surface area contributed by atoms with E-state index in [9.17, 15) is 32.8 Å². The number of carbonyl (C=O) groups is 2. The Balaban J connectivity index is 1.69. The van der Waals surface area contributed by atoms with Crippen LogP contribution in [0.5, 0.6) is 0 Å². The van der Waals surface area contributed by atoms with E-state index in [1.165, 1.54) is 48.8 Å². The van der Waals surface area contributed by atoms with Gasteiger partial charge >= 0.3 is 13.3 Å². The molecule has 0 fully saturated rings. The lowest BCUT2D eigenvalue weighted by molar-refractivity contribution is -0.141. The SMILES string of the molecule is Cc1nccc(C(=O)c2ccc(B(O)O)cc2)c1NC(=O)c1csc2nc(C(F)(F)F)cc(C)c12. The van der Waals surface area contributed by atoms with Gasteiger partial charge in [0, 0.05) is 28.1 Å². The number of anilines is 1. The lowest BCUT2D eigenvalue weighted by atomic mass is 9.80. The maximum absolute atomic E-state index is 13.2. The molecule has 0 radical (unpaired) electrons. The van der Waals surface area contributed by atoms with E-state index in [1.807, 2.05) is 0 Å². The Morgan fingerprint density at radius 3 is 2.37 bits per heavy atom. The molecule has 0 saturated heterocycles. The Morgan fingerprint density at radius 2 is 1.74 bits per heavy atom. The Morgan fingerprint density at radius 1 is 1.06 bits per heavy atom. The predicted molar refractivity (Wildman–Crippen MR) is 126 cm³/mol. The van der Waals surface area contributed by atoms with Crippen molar-refractivity contribution in [2.45, 2.75) is 20.0 Å². The number of ketones is 1. The molecule has 12 heteroatoms. The fraction of sp³-hybridized carbons (Fsp3) is 0.130. The van der Waals surface area contributed by atoms with Gasteiger partial charge in [-0.25, -0.2) is 4.98 Å². The first kappa shape index (κ1) is 24.5. The van der Waals surface area contributed by atoms with Crippen molar-refractivity contribution in [2.24, 2.45) is 0 Å². The molecule has 3 heterocycles. The number of aryl methyl sites for hydroxylation is 2. The molecule has 0 atom stereocenters. The standard InChI is InChI=1S/C23H17BF3N3O4S/c1-11-9-17(23(25,26)27)29-22-18(11)16(10-35-22)21(32)30-19-12(2)28-8-7-15(19)20(31)13-3-5-14(6-4-13)24(33)34/h3-10,33-34H,1-2H3,(H,30,32). The van der Waals surface area contributed by atoms with Gasteiger partial charge in [-0.2, -0.15) is 13.2 Å². The molecule has 4 rings (SSSR count). The summed E-state index contributed by atoms with van der Waals surface area (Å²) in [6.07, 6.45) is -3.20. The summed E-state index contributed by atoms with van der Waals surface area (Å²) in [7, 11) is -1.68. The number of pyridine rings is 2. The van der Waals surface area contributed by atoms with Gasteiger partial charge in [-0.05, 0) is 37.0 Å². The van der Waals surface area contributed by atoms with E-state index in [-0.39, 0.29) is 38.2 Å². The molecule has 0 aliphatic carbocycles. The zero-order valence-corrected chi connectivity index (χ0v) is 19.2. The quantitative estimate of drug-likeness (QED) is 0.286. The fourth-order valence-electron chi connectivity index (χ4n) is 3.60. The van der Waals surface area contributed by atoms with E-state index in [0.717, 1.165) is 17.4 Å². The van der Waals surface area contributed by atoms with E-state index in [0.29, 0.717) is 11.1 Å². The van der Waals surface area contributed by atoms with Crippen molar-refractivity contribution in [1.29, 1.82) is 0 Å². The van der Waals surface area contributed by atoms with E-state index in [2.05, 4.69) is 15.3 Å². The molecule has 0 spiro atoms. The number of fused-ring (bicyclic) bond motifs is 1. The number of hydrogen-bond donors (Lipinski definition) is 3. The van der Waals surface area contributed by atoms with Crippen molar-refractivity contribution in [3.8, 4) is 0 Å². The van der Waals surface area contributed by atoms with Crippen molar-refractivity contribution in [1.82, 2.24) is 9.97 Å². The first-order valence-corrected chi connectivity index (χ1v) is 11.1. The highest BCUT2D eigenvalue weighted by Gasteiger charge is 2.34. The minimum absolute atomic E-state index is 0.0767. The molecule has 1 amide bonds. The van der Waals surface area contributed by atoms with Crippen molar-refractivity contribution < 1.29 is 32.8 Å². The number of halogens is 3. The third-order valence-corrected chi connectivity index (χ3v) is 6.24. The molecule has 0 bridgehead atoms. The van der Waals surface area contributed by atoms with Crippen molar-refractivity contribution >= 4 is 51.5 Å². The van der Waals surface area contributed by atoms with Gasteiger partial charge in [-0.1, -0.05) is 24.3 Å². The Labute approximate surface area is 201 Å². The van der Waals surface area contributed by atoms with E-state index < -0.39 is 30.7 Å². The first-order valence-electron chi connectivity index (χ1n) is 10.2.